The lowest BCUT2D eigenvalue weighted by Crippen LogP contribution is -2.14. The lowest BCUT2D eigenvalue weighted by Gasteiger charge is -2.14. The fourth-order valence-electron chi connectivity index (χ4n) is 3.51. The molecule has 4 aromatic rings. The van der Waals surface area contributed by atoms with Crippen LogP contribution in [0.25, 0.3) is 21.5 Å². The Morgan fingerprint density at radius 3 is 2.24 bits per heavy atom. The number of hydrogen-bond donors (Lipinski definition) is 2. The number of nitrogens with one attached hydrogen (secondary N) is 1. The summed E-state index contributed by atoms with van der Waals surface area (Å²) in [6.07, 6.45) is 1.45. The molecule has 144 valence electrons. The summed E-state index contributed by atoms with van der Waals surface area (Å²) < 4.78 is 10.8. The molecule has 0 aliphatic rings. The molecule has 0 radical (unpaired) electrons. The van der Waals surface area contributed by atoms with Crippen molar-refractivity contribution < 1.29 is 14.3 Å². The third-order valence-corrected chi connectivity index (χ3v) is 4.93. The highest BCUT2D eigenvalue weighted by Crippen LogP contribution is 2.35. The Morgan fingerprint density at radius 1 is 0.897 bits per heavy atom. The van der Waals surface area contributed by atoms with Crippen molar-refractivity contribution in [2.75, 3.05) is 14.2 Å². The van der Waals surface area contributed by atoms with Gasteiger partial charge in [0.2, 0.25) is 5.78 Å². The van der Waals surface area contributed by atoms with Crippen LogP contribution in [0.4, 0.5) is 0 Å². The summed E-state index contributed by atoms with van der Waals surface area (Å²) in [6.45, 7) is 0. The third kappa shape index (κ3) is 3.04. The average Bonchev–Trinajstić information content (AvgIpc) is 2.76. The van der Waals surface area contributed by atoms with E-state index in [1.165, 1.54) is 20.4 Å². The maximum absolute atomic E-state index is 13.5. The van der Waals surface area contributed by atoms with Gasteiger partial charge in [-0.05, 0) is 22.9 Å². The SMILES string of the molecule is COc1cc2c(C(=N)N)cnc(C(=O)c3cccc4ccccc34)c2cc1OC. The van der Waals surface area contributed by atoms with E-state index >= 15 is 0 Å². The van der Waals surface area contributed by atoms with Gasteiger partial charge in [0.25, 0.3) is 0 Å². The molecule has 3 aromatic carbocycles. The number of ether oxygens (including phenoxy) is 2. The van der Waals surface area contributed by atoms with Crippen molar-refractivity contribution in [3.63, 3.8) is 0 Å². The van der Waals surface area contributed by atoms with Crippen molar-refractivity contribution in [1.82, 2.24) is 4.98 Å². The second-order valence-corrected chi connectivity index (χ2v) is 6.54. The first-order chi connectivity index (χ1) is 14.0. The van der Waals surface area contributed by atoms with Gasteiger partial charge in [0.05, 0.1) is 14.2 Å². The van der Waals surface area contributed by atoms with Crippen molar-refractivity contribution >= 4 is 33.2 Å². The second kappa shape index (κ2) is 7.24. The Kier molecular flexibility index (Phi) is 4.60. The number of carbonyl (C=O) groups is 1. The zero-order valence-corrected chi connectivity index (χ0v) is 16.0. The van der Waals surface area contributed by atoms with E-state index in [4.69, 9.17) is 20.6 Å². The van der Waals surface area contributed by atoms with E-state index in [-0.39, 0.29) is 17.3 Å². The molecule has 29 heavy (non-hydrogen) atoms. The number of rotatable bonds is 5. The highest BCUT2D eigenvalue weighted by molar-refractivity contribution is 6.22. The molecule has 0 aliphatic carbocycles. The van der Waals surface area contributed by atoms with Crippen LogP contribution in [0.1, 0.15) is 21.6 Å². The molecule has 0 aliphatic heterocycles. The first-order valence-electron chi connectivity index (χ1n) is 8.96. The Hall–Kier alpha value is -3.93. The average molecular weight is 385 g/mol. The van der Waals surface area contributed by atoms with Crippen molar-refractivity contribution in [3.8, 4) is 11.5 Å². The largest absolute Gasteiger partial charge is 0.493 e. The van der Waals surface area contributed by atoms with Crippen molar-refractivity contribution in [1.29, 1.82) is 5.41 Å². The summed E-state index contributed by atoms with van der Waals surface area (Å²) in [5.41, 5.74) is 6.99. The lowest BCUT2D eigenvalue weighted by molar-refractivity contribution is 0.103. The van der Waals surface area contributed by atoms with E-state index in [0.717, 1.165) is 10.8 Å². The van der Waals surface area contributed by atoms with E-state index in [9.17, 15) is 4.79 Å². The first-order valence-corrected chi connectivity index (χ1v) is 8.96. The number of hydrogen-bond acceptors (Lipinski definition) is 5. The van der Waals surface area contributed by atoms with Gasteiger partial charge >= 0.3 is 0 Å². The zero-order valence-electron chi connectivity index (χ0n) is 16.0. The number of ketones is 1. The van der Waals surface area contributed by atoms with Crippen molar-refractivity contribution in [2.45, 2.75) is 0 Å². The molecule has 0 atom stereocenters. The molecule has 0 fully saturated rings. The number of benzene rings is 3. The van der Waals surface area contributed by atoms with E-state index in [1.807, 2.05) is 36.4 Å². The monoisotopic (exact) mass is 385 g/mol. The minimum absolute atomic E-state index is 0.140. The second-order valence-electron chi connectivity index (χ2n) is 6.54. The van der Waals surface area contributed by atoms with Gasteiger partial charge in [-0.1, -0.05) is 42.5 Å². The Labute approximate surface area is 167 Å². The maximum Gasteiger partial charge on any atom is 0.212 e. The Balaban J connectivity index is 2.01. The van der Waals surface area contributed by atoms with Crippen molar-refractivity contribution in [2.24, 2.45) is 5.73 Å². The molecule has 6 heteroatoms. The van der Waals surface area contributed by atoms with Crippen LogP contribution in [0, 0.1) is 5.41 Å². The van der Waals surface area contributed by atoms with Crippen LogP contribution in [-0.2, 0) is 0 Å². The van der Waals surface area contributed by atoms with Crippen LogP contribution in [0.5, 0.6) is 11.5 Å². The summed E-state index contributed by atoms with van der Waals surface area (Å²) >= 11 is 0. The van der Waals surface area contributed by atoms with Gasteiger partial charge in [-0.15, -0.1) is 0 Å². The van der Waals surface area contributed by atoms with Crippen LogP contribution in [0.3, 0.4) is 0 Å². The molecule has 3 N–H and O–H groups in total. The number of aromatic nitrogens is 1. The maximum atomic E-state index is 13.5. The molecular formula is C23H19N3O3. The number of nitrogens with zero attached hydrogens (tertiary/aromatic N) is 1. The topological polar surface area (TPSA) is 98.3 Å². The van der Waals surface area contributed by atoms with Gasteiger partial charge in [-0.3, -0.25) is 15.2 Å². The van der Waals surface area contributed by atoms with Gasteiger partial charge in [0.15, 0.2) is 11.5 Å². The molecule has 1 heterocycles. The first kappa shape index (κ1) is 18.4. The quantitative estimate of drug-likeness (QED) is 0.308. The van der Waals surface area contributed by atoms with Crippen LogP contribution in [0.15, 0.2) is 60.8 Å². The van der Waals surface area contributed by atoms with E-state index in [2.05, 4.69) is 4.98 Å². The molecular weight excluding hydrogens is 366 g/mol. The molecule has 0 amide bonds. The molecule has 4 rings (SSSR count). The predicted molar refractivity (Wildman–Crippen MR) is 113 cm³/mol. The standard InChI is InChI=1S/C23H19N3O3/c1-28-19-10-16-17(11-20(19)29-2)21(26-12-18(16)23(24)25)22(27)15-9-5-7-13-6-3-4-8-14(13)15/h3-12H,1-2H3,(H3,24,25). The molecule has 6 nitrogen and oxygen atoms in total. The molecule has 0 spiro atoms. The zero-order chi connectivity index (χ0) is 20.5. The highest BCUT2D eigenvalue weighted by atomic mass is 16.5. The van der Waals surface area contributed by atoms with Gasteiger partial charge in [-0.25, -0.2) is 0 Å². The van der Waals surface area contributed by atoms with Crippen molar-refractivity contribution in [3.05, 3.63) is 77.6 Å². The van der Waals surface area contributed by atoms with E-state index in [0.29, 0.717) is 33.4 Å². The molecule has 1 aromatic heterocycles. The number of nitrogens with two attached hydrogens (primary N) is 1. The summed E-state index contributed by atoms with van der Waals surface area (Å²) in [5, 5.41) is 10.9. The van der Waals surface area contributed by atoms with Crippen LogP contribution < -0.4 is 15.2 Å². The Bertz CT molecular complexity index is 1280. The van der Waals surface area contributed by atoms with Gasteiger partial charge in [0.1, 0.15) is 11.5 Å². The number of methoxy groups -OCH3 is 2. The predicted octanol–water partition coefficient (Wildman–Crippen LogP) is 3.92. The number of pyridine rings is 1. The highest BCUT2D eigenvalue weighted by Gasteiger charge is 2.21. The lowest BCUT2D eigenvalue weighted by atomic mass is 9.95. The molecule has 0 bridgehead atoms. The third-order valence-electron chi connectivity index (χ3n) is 4.93. The Morgan fingerprint density at radius 2 is 1.55 bits per heavy atom. The minimum Gasteiger partial charge on any atom is -0.493 e. The number of amidine groups is 1. The van der Waals surface area contributed by atoms with E-state index < -0.39 is 0 Å². The molecule has 0 unspecified atom stereocenters. The minimum atomic E-state index is -0.214. The summed E-state index contributed by atoms with van der Waals surface area (Å²) in [7, 11) is 3.05. The van der Waals surface area contributed by atoms with Gasteiger partial charge in [-0.2, -0.15) is 0 Å². The fourth-order valence-corrected chi connectivity index (χ4v) is 3.51. The smallest absolute Gasteiger partial charge is 0.212 e. The summed E-state index contributed by atoms with van der Waals surface area (Å²) in [4.78, 5) is 17.9. The summed E-state index contributed by atoms with van der Waals surface area (Å²) in [5.74, 6) is 0.597. The van der Waals surface area contributed by atoms with Gasteiger partial charge < -0.3 is 15.2 Å². The summed E-state index contributed by atoms with van der Waals surface area (Å²) in [6, 6.07) is 16.7. The van der Waals surface area contributed by atoms with Crippen LogP contribution >= 0.6 is 0 Å². The van der Waals surface area contributed by atoms with Crippen LogP contribution in [0.2, 0.25) is 0 Å². The molecule has 0 saturated carbocycles. The fraction of sp³-hybridized carbons (Fsp3) is 0.0870. The number of carbonyl (C=O) groups excluding carboxylic acids is 1. The number of fused-ring (bicyclic) bond motifs is 2. The van der Waals surface area contributed by atoms with Crippen LogP contribution in [-0.4, -0.2) is 30.8 Å². The van der Waals surface area contributed by atoms with E-state index in [1.54, 1.807) is 18.2 Å². The number of nitrogen functional groups attached to an aromatic ring is 1. The normalized spacial score (nSPS) is 10.8. The van der Waals surface area contributed by atoms with Gasteiger partial charge in [0, 0.05) is 28.1 Å². The molecule has 0 saturated heterocycles.